The maximum atomic E-state index is 11.9. The standard InChI is InChI=1S/C11H18N2O3S/c1-11(2,3)17(15,16)7-6-13-5-4-10(14)9(12)8-13/h4-5,8H,6-7,12H2,1-3H3. The fraction of sp³-hybridized carbons (Fsp3) is 0.545. The van der Waals surface area contributed by atoms with E-state index in [4.69, 9.17) is 5.73 Å². The molecule has 1 aromatic rings. The van der Waals surface area contributed by atoms with E-state index in [-0.39, 0.29) is 16.9 Å². The number of pyridine rings is 1. The summed E-state index contributed by atoms with van der Waals surface area (Å²) in [6, 6.07) is 1.33. The highest BCUT2D eigenvalue weighted by Crippen LogP contribution is 2.16. The molecule has 1 heterocycles. The molecule has 0 saturated carbocycles. The van der Waals surface area contributed by atoms with E-state index < -0.39 is 14.6 Å². The molecule has 0 aliphatic rings. The molecule has 0 unspecified atom stereocenters. The molecule has 1 aromatic heterocycles. The number of aromatic nitrogens is 1. The average Bonchev–Trinajstić information content (AvgIpc) is 2.18. The predicted octanol–water partition coefficient (Wildman–Crippen LogP) is 0.644. The Balaban J connectivity index is 2.82. The van der Waals surface area contributed by atoms with Crippen molar-refractivity contribution in [2.24, 2.45) is 0 Å². The molecule has 0 spiro atoms. The summed E-state index contributed by atoms with van der Waals surface area (Å²) in [6.45, 7) is 5.30. The summed E-state index contributed by atoms with van der Waals surface area (Å²) in [5, 5.41) is 0. The molecule has 0 fully saturated rings. The monoisotopic (exact) mass is 258 g/mol. The highest BCUT2D eigenvalue weighted by atomic mass is 32.2. The van der Waals surface area contributed by atoms with Crippen LogP contribution >= 0.6 is 0 Å². The summed E-state index contributed by atoms with van der Waals surface area (Å²) in [7, 11) is -3.16. The summed E-state index contributed by atoms with van der Waals surface area (Å²) in [6.07, 6.45) is 3.00. The van der Waals surface area contributed by atoms with Gasteiger partial charge in [-0.15, -0.1) is 0 Å². The molecule has 96 valence electrons. The van der Waals surface area contributed by atoms with Crippen molar-refractivity contribution in [1.82, 2.24) is 4.57 Å². The molecule has 0 aliphatic heterocycles. The Morgan fingerprint density at radius 3 is 2.41 bits per heavy atom. The number of anilines is 1. The quantitative estimate of drug-likeness (QED) is 0.862. The van der Waals surface area contributed by atoms with Gasteiger partial charge in [-0.1, -0.05) is 0 Å². The number of nitrogen functional groups attached to an aromatic ring is 1. The van der Waals surface area contributed by atoms with Gasteiger partial charge in [0.1, 0.15) is 0 Å². The minimum atomic E-state index is -3.16. The number of sulfone groups is 1. The Labute approximate surface area is 101 Å². The summed E-state index contributed by atoms with van der Waals surface area (Å²) in [4.78, 5) is 11.1. The van der Waals surface area contributed by atoms with Crippen LogP contribution in [0.2, 0.25) is 0 Å². The molecule has 6 heteroatoms. The highest BCUT2D eigenvalue weighted by molar-refractivity contribution is 7.92. The van der Waals surface area contributed by atoms with Crippen LogP contribution in [0.1, 0.15) is 20.8 Å². The minimum Gasteiger partial charge on any atom is -0.394 e. The van der Waals surface area contributed by atoms with Gasteiger partial charge in [0, 0.05) is 25.0 Å². The van der Waals surface area contributed by atoms with Gasteiger partial charge in [0.25, 0.3) is 0 Å². The van der Waals surface area contributed by atoms with Crippen LogP contribution in [-0.4, -0.2) is 23.5 Å². The summed E-state index contributed by atoms with van der Waals surface area (Å²) in [5.41, 5.74) is 5.34. The van der Waals surface area contributed by atoms with Gasteiger partial charge in [0.2, 0.25) is 5.43 Å². The second-order valence-electron chi connectivity index (χ2n) is 4.93. The summed E-state index contributed by atoms with van der Waals surface area (Å²) in [5.74, 6) is 0.0266. The second kappa shape index (κ2) is 4.52. The maximum Gasteiger partial charge on any atom is 0.204 e. The zero-order chi connectivity index (χ0) is 13.3. The molecule has 1 rings (SSSR count). The van der Waals surface area contributed by atoms with Crippen LogP contribution in [0.15, 0.2) is 23.3 Å². The largest absolute Gasteiger partial charge is 0.394 e. The molecule has 0 saturated heterocycles. The zero-order valence-corrected chi connectivity index (χ0v) is 11.1. The first-order valence-corrected chi connectivity index (χ1v) is 6.96. The molecular weight excluding hydrogens is 240 g/mol. The number of nitrogens with two attached hydrogens (primary N) is 1. The van der Waals surface area contributed by atoms with E-state index >= 15 is 0 Å². The van der Waals surface area contributed by atoms with E-state index in [9.17, 15) is 13.2 Å². The van der Waals surface area contributed by atoms with E-state index in [0.717, 1.165) is 0 Å². The van der Waals surface area contributed by atoms with Crippen LogP contribution in [-0.2, 0) is 16.4 Å². The lowest BCUT2D eigenvalue weighted by atomic mass is 10.3. The lowest BCUT2D eigenvalue weighted by Gasteiger charge is -2.19. The van der Waals surface area contributed by atoms with Gasteiger partial charge in [-0.25, -0.2) is 8.42 Å². The van der Waals surface area contributed by atoms with Crippen molar-refractivity contribution in [1.29, 1.82) is 0 Å². The van der Waals surface area contributed by atoms with Crippen LogP contribution in [0.3, 0.4) is 0 Å². The third-order valence-corrected chi connectivity index (χ3v) is 5.14. The molecule has 0 amide bonds. The van der Waals surface area contributed by atoms with Crippen molar-refractivity contribution in [2.75, 3.05) is 11.5 Å². The van der Waals surface area contributed by atoms with Crippen LogP contribution in [0.4, 0.5) is 5.69 Å². The Morgan fingerprint density at radius 1 is 1.35 bits per heavy atom. The van der Waals surface area contributed by atoms with Gasteiger partial charge in [0.05, 0.1) is 16.2 Å². The molecule has 0 aliphatic carbocycles. The number of hydrogen-bond donors (Lipinski definition) is 1. The number of hydrogen-bond acceptors (Lipinski definition) is 4. The third kappa shape index (κ3) is 3.33. The zero-order valence-electron chi connectivity index (χ0n) is 10.3. The van der Waals surface area contributed by atoms with E-state index in [1.807, 2.05) is 0 Å². The SMILES string of the molecule is CC(C)(C)S(=O)(=O)CCn1ccc(=O)c(N)c1. The first-order valence-electron chi connectivity index (χ1n) is 5.31. The summed E-state index contributed by atoms with van der Waals surface area (Å²) < 4.78 is 24.6. The predicted molar refractivity (Wildman–Crippen MR) is 68.7 cm³/mol. The van der Waals surface area contributed by atoms with Gasteiger partial charge in [-0.05, 0) is 20.8 Å². The van der Waals surface area contributed by atoms with Gasteiger partial charge in [-0.3, -0.25) is 4.79 Å². The molecule has 0 bridgehead atoms. The fourth-order valence-electron chi connectivity index (χ4n) is 1.22. The normalized spacial score (nSPS) is 12.6. The van der Waals surface area contributed by atoms with Gasteiger partial charge < -0.3 is 10.3 Å². The molecule has 0 atom stereocenters. The molecule has 0 radical (unpaired) electrons. The van der Waals surface area contributed by atoms with E-state index in [2.05, 4.69) is 0 Å². The van der Waals surface area contributed by atoms with Crippen molar-refractivity contribution in [3.8, 4) is 0 Å². The van der Waals surface area contributed by atoms with Crippen LogP contribution in [0.25, 0.3) is 0 Å². The Bertz CT molecular complexity index is 553. The Hall–Kier alpha value is -1.30. The van der Waals surface area contributed by atoms with Crippen molar-refractivity contribution < 1.29 is 8.42 Å². The van der Waals surface area contributed by atoms with E-state index in [0.29, 0.717) is 6.54 Å². The van der Waals surface area contributed by atoms with E-state index in [1.165, 1.54) is 18.5 Å². The number of nitrogens with zero attached hydrogens (tertiary/aromatic N) is 1. The average molecular weight is 258 g/mol. The van der Waals surface area contributed by atoms with Crippen molar-refractivity contribution in [2.45, 2.75) is 32.1 Å². The van der Waals surface area contributed by atoms with Crippen molar-refractivity contribution in [3.63, 3.8) is 0 Å². The minimum absolute atomic E-state index is 0.0266. The molecule has 2 N–H and O–H groups in total. The Kier molecular flexibility index (Phi) is 3.66. The van der Waals surface area contributed by atoms with Crippen LogP contribution in [0.5, 0.6) is 0 Å². The number of rotatable bonds is 3. The lowest BCUT2D eigenvalue weighted by molar-refractivity contribution is 0.553. The van der Waals surface area contributed by atoms with Gasteiger partial charge in [0.15, 0.2) is 9.84 Å². The number of aryl methyl sites for hydroxylation is 1. The van der Waals surface area contributed by atoms with Crippen LogP contribution < -0.4 is 11.2 Å². The highest BCUT2D eigenvalue weighted by Gasteiger charge is 2.28. The van der Waals surface area contributed by atoms with Gasteiger partial charge >= 0.3 is 0 Å². The fourth-order valence-corrected chi connectivity index (χ4v) is 2.28. The topological polar surface area (TPSA) is 82.2 Å². The van der Waals surface area contributed by atoms with Crippen molar-refractivity contribution >= 4 is 15.5 Å². The Morgan fingerprint density at radius 2 is 1.94 bits per heavy atom. The summed E-state index contributed by atoms with van der Waals surface area (Å²) >= 11 is 0. The third-order valence-electron chi connectivity index (χ3n) is 2.56. The van der Waals surface area contributed by atoms with Gasteiger partial charge in [-0.2, -0.15) is 0 Å². The maximum absolute atomic E-state index is 11.9. The van der Waals surface area contributed by atoms with Crippen LogP contribution in [0, 0.1) is 0 Å². The molecule has 0 aromatic carbocycles. The first kappa shape index (κ1) is 13.8. The molecule has 17 heavy (non-hydrogen) atoms. The second-order valence-corrected chi connectivity index (χ2v) is 7.80. The first-order chi connectivity index (χ1) is 7.63. The molecule has 5 nitrogen and oxygen atoms in total. The molecular formula is C11H18N2O3S. The van der Waals surface area contributed by atoms with Crippen molar-refractivity contribution in [3.05, 3.63) is 28.7 Å². The van der Waals surface area contributed by atoms with E-state index in [1.54, 1.807) is 25.3 Å². The lowest BCUT2D eigenvalue weighted by Crippen LogP contribution is -2.32. The smallest absolute Gasteiger partial charge is 0.204 e.